The second kappa shape index (κ2) is 11.2. The van der Waals surface area contributed by atoms with Crippen molar-refractivity contribution in [3.05, 3.63) is 90.0 Å². The standard InChI is InChI=1S/C34H34FN5O2/c1-42-26-10-6-21(7-11-26)18-36-15-14-31-38-33-29(34(39-31)40-19-23-8-9-24(20-40)37-23)13-12-28(32(33)35)30-17-25(41)16-22-4-2-3-5-27(22)30/h2-7,10-13,16-17,23-24,36-37,41H,8-9,14-15,18-20H2,1H3. The summed E-state index contributed by atoms with van der Waals surface area (Å²) in [6.45, 7) is 3.05. The van der Waals surface area contributed by atoms with Crippen LogP contribution < -0.4 is 20.3 Å². The van der Waals surface area contributed by atoms with Gasteiger partial charge in [0.05, 0.1) is 7.11 Å². The molecule has 2 fully saturated rings. The largest absolute Gasteiger partial charge is 0.508 e. The molecule has 0 spiro atoms. The zero-order chi connectivity index (χ0) is 28.6. The maximum atomic E-state index is 16.6. The molecule has 7 rings (SSSR count). The molecule has 0 aliphatic carbocycles. The summed E-state index contributed by atoms with van der Waals surface area (Å²) in [5, 5.41) is 20.1. The van der Waals surface area contributed by atoms with Crippen molar-refractivity contribution in [3.8, 4) is 22.6 Å². The lowest BCUT2D eigenvalue weighted by atomic mass is 9.96. The predicted molar refractivity (Wildman–Crippen MR) is 165 cm³/mol. The third-order valence-corrected chi connectivity index (χ3v) is 8.50. The minimum Gasteiger partial charge on any atom is -0.508 e. The number of aromatic hydroxyl groups is 1. The summed E-state index contributed by atoms with van der Waals surface area (Å²) < 4.78 is 21.8. The first-order valence-electron chi connectivity index (χ1n) is 14.6. The first-order chi connectivity index (χ1) is 20.6. The number of benzene rings is 4. The summed E-state index contributed by atoms with van der Waals surface area (Å²) in [5.74, 6) is 1.96. The number of nitrogens with one attached hydrogen (secondary N) is 2. The molecule has 2 aliphatic rings. The van der Waals surface area contributed by atoms with Crippen LogP contribution in [-0.4, -0.2) is 53.9 Å². The van der Waals surface area contributed by atoms with Crippen molar-refractivity contribution in [2.75, 3.05) is 31.6 Å². The maximum absolute atomic E-state index is 16.6. The van der Waals surface area contributed by atoms with Crippen LogP contribution in [0.25, 0.3) is 32.8 Å². The zero-order valence-electron chi connectivity index (χ0n) is 23.6. The average molecular weight is 564 g/mol. The summed E-state index contributed by atoms with van der Waals surface area (Å²) in [6, 6.07) is 23.6. The Labute approximate surface area is 244 Å². The number of methoxy groups -OCH3 is 1. The summed E-state index contributed by atoms with van der Waals surface area (Å²) in [7, 11) is 1.66. The highest BCUT2D eigenvalue weighted by Crippen LogP contribution is 2.38. The van der Waals surface area contributed by atoms with E-state index < -0.39 is 5.82 Å². The van der Waals surface area contributed by atoms with Crippen molar-refractivity contribution in [2.24, 2.45) is 0 Å². The van der Waals surface area contributed by atoms with Crippen LogP contribution in [0.1, 0.15) is 24.2 Å². The SMILES string of the molecule is COc1ccc(CNCCc2nc(N3CC4CCC(C3)N4)c3ccc(-c4cc(O)cc5ccccc45)c(F)c3n2)cc1. The molecule has 7 nitrogen and oxygen atoms in total. The highest BCUT2D eigenvalue weighted by atomic mass is 19.1. The van der Waals surface area contributed by atoms with Gasteiger partial charge in [-0.2, -0.15) is 0 Å². The molecule has 3 heterocycles. The Balaban J connectivity index is 1.24. The lowest BCUT2D eigenvalue weighted by molar-refractivity contribution is 0.414. The molecule has 2 aliphatic heterocycles. The number of fused-ring (bicyclic) bond motifs is 4. The summed E-state index contributed by atoms with van der Waals surface area (Å²) in [4.78, 5) is 12.1. The van der Waals surface area contributed by atoms with Gasteiger partial charge in [0.2, 0.25) is 0 Å². The van der Waals surface area contributed by atoms with Crippen molar-refractivity contribution in [3.63, 3.8) is 0 Å². The van der Waals surface area contributed by atoms with E-state index in [-0.39, 0.29) is 5.75 Å². The Bertz CT molecular complexity index is 1750. The fourth-order valence-electron chi connectivity index (χ4n) is 6.42. The maximum Gasteiger partial charge on any atom is 0.157 e. The van der Waals surface area contributed by atoms with Crippen LogP contribution in [0.2, 0.25) is 0 Å². The van der Waals surface area contributed by atoms with Crippen molar-refractivity contribution < 1.29 is 14.2 Å². The first-order valence-corrected chi connectivity index (χ1v) is 14.6. The van der Waals surface area contributed by atoms with Gasteiger partial charge in [0.1, 0.15) is 28.7 Å². The molecule has 2 unspecified atom stereocenters. The van der Waals surface area contributed by atoms with Gasteiger partial charge in [0.25, 0.3) is 0 Å². The van der Waals surface area contributed by atoms with Crippen molar-refractivity contribution >= 4 is 27.5 Å². The van der Waals surface area contributed by atoms with E-state index in [1.54, 1.807) is 25.3 Å². The van der Waals surface area contributed by atoms with Crippen molar-refractivity contribution in [1.29, 1.82) is 0 Å². The number of piperazine rings is 1. The molecule has 3 N–H and O–H groups in total. The molecule has 0 saturated carbocycles. The highest BCUT2D eigenvalue weighted by Gasteiger charge is 2.34. The number of halogens is 1. The Morgan fingerprint density at radius 3 is 2.52 bits per heavy atom. The molecule has 5 aromatic rings. The second-order valence-corrected chi connectivity index (χ2v) is 11.3. The quantitative estimate of drug-likeness (QED) is 0.213. The minimum atomic E-state index is -0.391. The number of hydrogen-bond donors (Lipinski definition) is 3. The van der Waals surface area contributed by atoms with Crippen LogP contribution in [0.15, 0.2) is 72.8 Å². The number of anilines is 1. The van der Waals surface area contributed by atoms with Gasteiger partial charge in [0, 0.05) is 55.6 Å². The topological polar surface area (TPSA) is 82.5 Å². The number of ether oxygens (including phenoxy) is 1. The monoisotopic (exact) mass is 563 g/mol. The normalized spacial score (nSPS) is 18.2. The number of rotatable bonds is 8. The summed E-state index contributed by atoms with van der Waals surface area (Å²) in [5.41, 5.74) is 2.54. The predicted octanol–water partition coefficient (Wildman–Crippen LogP) is 5.58. The van der Waals surface area contributed by atoms with E-state index in [0.717, 1.165) is 59.2 Å². The van der Waals surface area contributed by atoms with E-state index in [1.165, 1.54) is 0 Å². The molecule has 1 aromatic heterocycles. The number of hydrogen-bond acceptors (Lipinski definition) is 7. The lowest BCUT2D eigenvalue weighted by Crippen LogP contribution is -2.51. The molecule has 0 radical (unpaired) electrons. The van der Waals surface area contributed by atoms with E-state index in [2.05, 4.69) is 15.5 Å². The van der Waals surface area contributed by atoms with E-state index in [4.69, 9.17) is 14.7 Å². The fraction of sp³-hybridized carbons (Fsp3) is 0.294. The number of phenols is 1. The number of nitrogens with zero attached hydrogens (tertiary/aromatic N) is 3. The molecule has 4 aromatic carbocycles. The van der Waals surface area contributed by atoms with Gasteiger partial charge < -0.3 is 25.4 Å². The third-order valence-electron chi connectivity index (χ3n) is 8.50. The van der Waals surface area contributed by atoms with Crippen LogP contribution in [0.3, 0.4) is 0 Å². The number of phenolic OH excluding ortho intramolecular Hbond substituents is 1. The Morgan fingerprint density at radius 2 is 1.74 bits per heavy atom. The highest BCUT2D eigenvalue weighted by molar-refractivity contribution is 6.01. The van der Waals surface area contributed by atoms with Crippen LogP contribution in [0, 0.1) is 5.82 Å². The van der Waals surface area contributed by atoms with Gasteiger partial charge in [-0.05, 0) is 65.1 Å². The minimum absolute atomic E-state index is 0.103. The fourth-order valence-corrected chi connectivity index (χ4v) is 6.42. The van der Waals surface area contributed by atoms with E-state index in [0.29, 0.717) is 54.1 Å². The molecule has 2 saturated heterocycles. The molecule has 0 amide bonds. The van der Waals surface area contributed by atoms with Crippen LogP contribution in [0.4, 0.5) is 10.2 Å². The smallest absolute Gasteiger partial charge is 0.157 e. The van der Waals surface area contributed by atoms with Crippen LogP contribution in [-0.2, 0) is 13.0 Å². The molecule has 214 valence electrons. The molecule has 2 atom stereocenters. The van der Waals surface area contributed by atoms with Gasteiger partial charge >= 0.3 is 0 Å². The first kappa shape index (κ1) is 26.6. The lowest BCUT2D eigenvalue weighted by Gasteiger charge is -2.34. The van der Waals surface area contributed by atoms with E-state index in [1.807, 2.05) is 54.6 Å². The zero-order valence-corrected chi connectivity index (χ0v) is 23.6. The molecule has 2 bridgehead atoms. The van der Waals surface area contributed by atoms with Crippen molar-refractivity contribution in [2.45, 2.75) is 37.9 Å². The van der Waals surface area contributed by atoms with Crippen LogP contribution in [0.5, 0.6) is 11.5 Å². The molecular weight excluding hydrogens is 529 g/mol. The molecule has 8 heteroatoms. The molecule has 42 heavy (non-hydrogen) atoms. The summed E-state index contributed by atoms with van der Waals surface area (Å²) in [6.07, 6.45) is 2.86. The van der Waals surface area contributed by atoms with E-state index in [9.17, 15) is 5.11 Å². The Kier molecular flexibility index (Phi) is 7.09. The second-order valence-electron chi connectivity index (χ2n) is 11.3. The van der Waals surface area contributed by atoms with Crippen molar-refractivity contribution in [1.82, 2.24) is 20.6 Å². The van der Waals surface area contributed by atoms with Gasteiger partial charge in [-0.25, -0.2) is 14.4 Å². The van der Waals surface area contributed by atoms with Gasteiger partial charge in [-0.1, -0.05) is 42.5 Å². The van der Waals surface area contributed by atoms with Gasteiger partial charge in [0.15, 0.2) is 5.82 Å². The molecular formula is C34H34FN5O2. The third kappa shape index (κ3) is 5.12. The Hall–Kier alpha value is -4.27. The van der Waals surface area contributed by atoms with Gasteiger partial charge in [-0.15, -0.1) is 0 Å². The number of aromatic nitrogens is 2. The average Bonchev–Trinajstić information content (AvgIpc) is 3.36. The van der Waals surface area contributed by atoms with Gasteiger partial charge in [-0.3, -0.25) is 0 Å². The van der Waals surface area contributed by atoms with Crippen LogP contribution >= 0.6 is 0 Å². The van der Waals surface area contributed by atoms with E-state index >= 15 is 4.39 Å². The summed E-state index contributed by atoms with van der Waals surface area (Å²) >= 11 is 0. The Morgan fingerprint density at radius 1 is 0.952 bits per heavy atom.